The third-order valence-corrected chi connectivity index (χ3v) is 5.11. The number of hydrogen-bond acceptors (Lipinski definition) is 4. The molecule has 144 valence electrons. The van der Waals surface area contributed by atoms with Crippen LogP contribution in [0.15, 0.2) is 83.8 Å². The van der Waals surface area contributed by atoms with Crippen molar-refractivity contribution in [2.75, 3.05) is 30.1 Å². The minimum Gasteiger partial charge on any atom is -0.497 e. The first-order chi connectivity index (χ1) is 13.7. The minimum absolute atomic E-state index is 0.0522. The van der Waals surface area contributed by atoms with Gasteiger partial charge in [0.2, 0.25) is 5.91 Å². The van der Waals surface area contributed by atoms with Crippen LogP contribution in [0.5, 0.6) is 5.75 Å². The van der Waals surface area contributed by atoms with Gasteiger partial charge in [0, 0.05) is 22.8 Å². The van der Waals surface area contributed by atoms with Crippen molar-refractivity contribution in [3.05, 3.63) is 84.4 Å². The van der Waals surface area contributed by atoms with E-state index >= 15 is 0 Å². The zero-order chi connectivity index (χ0) is 19.8. The molecular formula is C23H24N2O2S. The van der Waals surface area contributed by atoms with Crippen molar-refractivity contribution < 1.29 is 9.53 Å². The van der Waals surface area contributed by atoms with Gasteiger partial charge in [-0.25, -0.2) is 0 Å². The molecule has 1 amide bonds. The first-order valence-corrected chi connectivity index (χ1v) is 10.3. The predicted octanol–water partition coefficient (Wildman–Crippen LogP) is 5.06. The lowest BCUT2D eigenvalue weighted by Gasteiger charge is -2.24. The van der Waals surface area contributed by atoms with Gasteiger partial charge >= 0.3 is 0 Å². The molecular weight excluding hydrogens is 368 g/mol. The fourth-order valence-electron chi connectivity index (χ4n) is 2.88. The third kappa shape index (κ3) is 5.54. The number of hydrogen-bond donors (Lipinski definition) is 1. The standard InChI is InChI=1S/C23H24N2O2S/c1-27-21-12-10-20(11-13-21)25(16-18-6-4-3-5-7-18)17-23(26)24-19-8-14-22(28-2)15-9-19/h3-15H,16-17H2,1-2H3,(H,24,26). The Kier molecular flexibility index (Phi) is 6.98. The number of ether oxygens (including phenoxy) is 1. The van der Waals surface area contributed by atoms with Gasteiger partial charge in [0.25, 0.3) is 0 Å². The lowest BCUT2D eigenvalue weighted by Crippen LogP contribution is -2.32. The SMILES string of the molecule is COc1ccc(N(CC(=O)Nc2ccc(SC)cc2)Cc2ccccc2)cc1. The van der Waals surface area contributed by atoms with Crippen LogP contribution >= 0.6 is 11.8 Å². The maximum atomic E-state index is 12.7. The molecule has 0 spiro atoms. The van der Waals surface area contributed by atoms with Crippen molar-refractivity contribution in [3.8, 4) is 5.75 Å². The molecule has 0 unspecified atom stereocenters. The summed E-state index contributed by atoms with van der Waals surface area (Å²) in [7, 11) is 1.65. The number of amides is 1. The molecule has 0 bridgehead atoms. The summed E-state index contributed by atoms with van der Waals surface area (Å²) in [6.07, 6.45) is 2.03. The van der Waals surface area contributed by atoms with E-state index in [4.69, 9.17) is 4.74 Å². The van der Waals surface area contributed by atoms with Crippen LogP contribution in [0.4, 0.5) is 11.4 Å². The number of carbonyl (C=O) groups is 1. The molecule has 0 heterocycles. The molecule has 0 saturated carbocycles. The lowest BCUT2D eigenvalue weighted by atomic mass is 10.2. The normalized spacial score (nSPS) is 10.4. The maximum absolute atomic E-state index is 12.7. The van der Waals surface area contributed by atoms with E-state index in [1.165, 1.54) is 4.90 Å². The van der Waals surface area contributed by atoms with E-state index in [2.05, 4.69) is 22.3 Å². The molecule has 5 heteroatoms. The Morgan fingerprint density at radius 1 is 0.964 bits per heavy atom. The summed E-state index contributed by atoms with van der Waals surface area (Å²) in [5.74, 6) is 0.741. The van der Waals surface area contributed by atoms with Gasteiger partial charge in [0.05, 0.1) is 13.7 Å². The Morgan fingerprint density at radius 3 is 2.25 bits per heavy atom. The second-order valence-electron chi connectivity index (χ2n) is 6.32. The second kappa shape index (κ2) is 9.85. The van der Waals surface area contributed by atoms with E-state index in [-0.39, 0.29) is 12.5 Å². The Bertz CT molecular complexity index is 881. The molecule has 3 rings (SSSR count). The summed E-state index contributed by atoms with van der Waals surface area (Å²) in [5, 5.41) is 2.99. The molecule has 3 aromatic rings. The molecule has 0 aliphatic heterocycles. The van der Waals surface area contributed by atoms with Gasteiger partial charge in [-0.2, -0.15) is 0 Å². The monoisotopic (exact) mass is 392 g/mol. The Morgan fingerprint density at radius 2 is 1.64 bits per heavy atom. The van der Waals surface area contributed by atoms with Gasteiger partial charge in [-0.3, -0.25) is 4.79 Å². The summed E-state index contributed by atoms with van der Waals surface area (Å²) in [6, 6.07) is 25.8. The highest BCUT2D eigenvalue weighted by Crippen LogP contribution is 2.22. The quantitative estimate of drug-likeness (QED) is 0.544. The number of nitrogens with zero attached hydrogens (tertiary/aromatic N) is 1. The fraction of sp³-hybridized carbons (Fsp3) is 0.174. The average molecular weight is 393 g/mol. The second-order valence-corrected chi connectivity index (χ2v) is 7.20. The molecule has 0 aromatic heterocycles. The highest BCUT2D eigenvalue weighted by molar-refractivity contribution is 7.98. The molecule has 0 atom stereocenters. The molecule has 0 fully saturated rings. The number of benzene rings is 3. The largest absolute Gasteiger partial charge is 0.497 e. The fourth-order valence-corrected chi connectivity index (χ4v) is 3.29. The lowest BCUT2D eigenvalue weighted by molar-refractivity contribution is -0.115. The molecule has 0 saturated heterocycles. The van der Waals surface area contributed by atoms with E-state index < -0.39 is 0 Å². The topological polar surface area (TPSA) is 41.6 Å². The van der Waals surface area contributed by atoms with Crippen molar-refractivity contribution in [2.24, 2.45) is 0 Å². The van der Waals surface area contributed by atoms with Crippen molar-refractivity contribution in [1.29, 1.82) is 0 Å². The number of nitrogens with one attached hydrogen (secondary N) is 1. The van der Waals surface area contributed by atoms with Crippen LogP contribution in [-0.2, 0) is 11.3 Å². The van der Waals surface area contributed by atoms with Crippen molar-refractivity contribution in [3.63, 3.8) is 0 Å². The van der Waals surface area contributed by atoms with Crippen LogP contribution in [0.3, 0.4) is 0 Å². The minimum atomic E-state index is -0.0522. The predicted molar refractivity (Wildman–Crippen MR) is 117 cm³/mol. The molecule has 0 radical (unpaired) electrons. The van der Waals surface area contributed by atoms with Gasteiger partial charge < -0.3 is 15.0 Å². The first-order valence-electron chi connectivity index (χ1n) is 9.05. The Labute approximate surface area is 170 Å². The van der Waals surface area contributed by atoms with E-state index in [0.29, 0.717) is 6.54 Å². The van der Waals surface area contributed by atoms with Crippen LogP contribution in [0, 0.1) is 0 Å². The van der Waals surface area contributed by atoms with E-state index in [0.717, 1.165) is 22.7 Å². The third-order valence-electron chi connectivity index (χ3n) is 4.36. The molecule has 1 N–H and O–H groups in total. The van der Waals surface area contributed by atoms with Crippen LogP contribution in [0.1, 0.15) is 5.56 Å². The first kappa shape index (κ1) is 19.8. The highest BCUT2D eigenvalue weighted by Gasteiger charge is 2.13. The van der Waals surface area contributed by atoms with E-state index in [9.17, 15) is 4.79 Å². The van der Waals surface area contributed by atoms with Crippen LogP contribution in [-0.4, -0.2) is 25.8 Å². The highest BCUT2D eigenvalue weighted by atomic mass is 32.2. The van der Waals surface area contributed by atoms with Gasteiger partial charge in [0.15, 0.2) is 0 Å². The van der Waals surface area contributed by atoms with Crippen molar-refractivity contribution in [1.82, 2.24) is 0 Å². The van der Waals surface area contributed by atoms with Gasteiger partial charge in [-0.05, 0) is 60.4 Å². The zero-order valence-electron chi connectivity index (χ0n) is 16.1. The number of anilines is 2. The van der Waals surface area contributed by atoms with Crippen molar-refractivity contribution in [2.45, 2.75) is 11.4 Å². The Hall–Kier alpha value is -2.92. The number of thioether (sulfide) groups is 1. The summed E-state index contributed by atoms with van der Waals surface area (Å²) in [6.45, 7) is 0.900. The van der Waals surface area contributed by atoms with Crippen LogP contribution in [0.2, 0.25) is 0 Å². The molecule has 28 heavy (non-hydrogen) atoms. The van der Waals surface area contributed by atoms with E-state index in [1.807, 2.05) is 73.0 Å². The summed E-state index contributed by atoms with van der Waals surface area (Å²) < 4.78 is 5.25. The summed E-state index contributed by atoms with van der Waals surface area (Å²) >= 11 is 1.68. The molecule has 0 aliphatic carbocycles. The zero-order valence-corrected chi connectivity index (χ0v) is 16.9. The number of methoxy groups -OCH3 is 1. The average Bonchev–Trinajstić information content (AvgIpc) is 2.74. The molecule has 0 aliphatic rings. The van der Waals surface area contributed by atoms with Gasteiger partial charge in [0.1, 0.15) is 5.75 Å². The van der Waals surface area contributed by atoms with E-state index in [1.54, 1.807) is 18.9 Å². The van der Waals surface area contributed by atoms with Crippen molar-refractivity contribution >= 4 is 29.0 Å². The van der Waals surface area contributed by atoms with Crippen LogP contribution in [0.25, 0.3) is 0 Å². The maximum Gasteiger partial charge on any atom is 0.243 e. The molecule has 4 nitrogen and oxygen atoms in total. The summed E-state index contributed by atoms with van der Waals surface area (Å²) in [5.41, 5.74) is 2.92. The van der Waals surface area contributed by atoms with Crippen LogP contribution < -0.4 is 15.0 Å². The number of rotatable bonds is 8. The Balaban J connectivity index is 1.74. The van der Waals surface area contributed by atoms with Gasteiger partial charge in [-0.15, -0.1) is 11.8 Å². The summed E-state index contributed by atoms with van der Waals surface area (Å²) in [4.78, 5) is 15.9. The van der Waals surface area contributed by atoms with Gasteiger partial charge in [-0.1, -0.05) is 30.3 Å². The number of carbonyl (C=O) groups excluding carboxylic acids is 1. The smallest absolute Gasteiger partial charge is 0.243 e. The molecule has 3 aromatic carbocycles.